The van der Waals surface area contributed by atoms with Crippen LogP contribution >= 0.6 is 0 Å². The number of hydrogen-bond donors (Lipinski definition) is 1. The van der Waals surface area contributed by atoms with E-state index in [9.17, 15) is 4.79 Å². The molecule has 1 N–H and O–H groups in total. The zero-order valence-corrected chi connectivity index (χ0v) is 8.87. The minimum atomic E-state index is -0.920. The van der Waals surface area contributed by atoms with Crippen molar-refractivity contribution in [1.29, 1.82) is 0 Å². The van der Waals surface area contributed by atoms with Crippen LogP contribution in [0.25, 0.3) is 0 Å². The second-order valence-electron chi connectivity index (χ2n) is 3.23. The highest BCUT2D eigenvalue weighted by atomic mass is 16.5. The van der Waals surface area contributed by atoms with Gasteiger partial charge in [-0.3, -0.25) is 0 Å². The molecule has 0 aromatic rings. The van der Waals surface area contributed by atoms with Crippen LogP contribution in [0.1, 0.15) is 39.0 Å². The van der Waals surface area contributed by atoms with Crippen LogP contribution in [0.3, 0.4) is 0 Å². The molecular formula is C11H20O3. The zero-order chi connectivity index (χ0) is 10.6. The molecule has 0 radical (unpaired) electrons. The van der Waals surface area contributed by atoms with Crippen molar-refractivity contribution in [3.8, 4) is 0 Å². The van der Waals surface area contributed by atoms with E-state index in [1.54, 1.807) is 0 Å². The van der Waals surface area contributed by atoms with Crippen molar-refractivity contribution in [2.75, 3.05) is 13.2 Å². The summed E-state index contributed by atoms with van der Waals surface area (Å²) in [6, 6.07) is 0. The van der Waals surface area contributed by atoms with Crippen molar-refractivity contribution < 1.29 is 14.6 Å². The standard InChI is InChI=1S/C11H20O3/c1-2-3-4-5-6-9-14-10-7-8-11(12)13/h7-8H,2-6,9-10H2,1H3,(H,12,13). The molecule has 0 heterocycles. The van der Waals surface area contributed by atoms with Gasteiger partial charge in [-0.15, -0.1) is 0 Å². The fourth-order valence-electron chi connectivity index (χ4n) is 1.11. The Kier molecular flexibility index (Phi) is 9.64. The summed E-state index contributed by atoms with van der Waals surface area (Å²) < 4.78 is 5.21. The monoisotopic (exact) mass is 200 g/mol. The van der Waals surface area contributed by atoms with Gasteiger partial charge in [-0.25, -0.2) is 4.79 Å². The van der Waals surface area contributed by atoms with E-state index in [2.05, 4.69) is 6.92 Å². The fourth-order valence-corrected chi connectivity index (χ4v) is 1.11. The Bertz CT molecular complexity index is 164. The molecule has 0 fully saturated rings. The maximum Gasteiger partial charge on any atom is 0.328 e. The molecule has 0 aliphatic rings. The number of ether oxygens (including phenoxy) is 1. The third kappa shape index (κ3) is 11.2. The van der Waals surface area contributed by atoms with Crippen LogP contribution in [-0.4, -0.2) is 24.3 Å². The topological polar surface area (TPSA) is 46.5 Å². The highest BCUT2D eigenvalue weighted by Gasteiger charge is 1.89. The molecule has 3 nitrogen and oxygen atoms in total. The maximum atomic E-state index is 10.1. The van der Waals surface area contributed by atoms with Crippen molar-refractivity contribution in [3.63, 3.8) is 0 Å². The zero-order valence-electron chi connectivity index (χ0n) is 8.87. The summed E-state index contributed by atoms with van der Waals surface area (Å²) >= 11 is 0. The van der Waals surface area contributed by atoms with E-state index in [1.165, 1.54) is 31.8 Å². The van der Waals surface area contributed by atoms with Crippen LogP contribution < -0.4 is 0 Å². The Morgan fingerprint density at radius 2 is 2.00 bits per heavy atom. The molecule has 0 aliphatic heterocycles. The number of aliphatic carboxylic acids is 1. The van der Waals surface area contributed by atoms with Gasteiger partial charge >= 0.3 is 5.97 Å². The molecule has 0 rings (SSSR count). The van der Waals surface area contributed by atoms with Crippen LogP contribution in [0.15, 0.2) is 12.2 Å². The molecule has 82 valence electrons. The summed E-state index contributed by atoms with van der Waals surface area (Å²) in [6.07, 6.45) is 8.72. The lowest BCUT2D eigenvalue weighted by atomic mass is 10.2. The number of carboxylic acid groups (broad SMARTS) is 1. The molecule has 0 atom stereocenters. The predicted molar refractivity (Wildman–Crippen MR) is 56.4 cm³/mol. The van der Waals surface area contributed by atoms with Crippen LogP contribution in [0.5, 0.6) is 0 Å². The molecule has 0 amide bonds. The van der Waals surface area contributed by atoms with Crippen LogP contribution in [0.2, 0.25) is 0 Å². The van der Waals surface area contributed by atoms with Gasteiger partial charge in [0.2, 0.25) is 0 Å². The molecule has 0 aromatic carbocycles. The lowest BCUT2D eigenvalue weighted by molar-refractivity contribution is -0.131. The molecule has 3 heteroatoms. The average molecular weight is 200 g/mol. The number of carbonyl (C=O) groups is 1. The normalized spacial score (nSPS) is 10.9. The number of unbranched alkanes of at least 4 members (excludes halogenated alkanes) is 4. The third-order valence-corrected chi connectivity index (χ3v) is 1.87. The van der Waals surface area contributed by atoms with Gasteiger partial charge in [0.15, 0.2) is 0 Å². The van der Waals surface area contributed by atoms with E-state index in [0.29, 0.717) is 6.61 Å². The van der Waals surface area contributed by atoms with E-state index in [1.807, 2.05) is 0 Å². The maximum absolute atomic E-state index is 10.1. The van der Waals surface area contributed by atoms with Gasteiger partial charge in [0.1, 0.15) is 0 Å². The molecule has 14 heavy (non-hydrogen) atoms. The molecule has 0 bridgehead atoms. The molecule has 0 saturated carbocycles. The second kappa shape index (κ2) is 10.3. The third-order valence-electron chi connectivity index (χ3n) is 1.87. The highest BCUT2D eigenvalue weighted by molar-refractivity contribution is 5.79. The summed E-state index contributed by atoms with van der Waals surface area (Å²) in [5, 5.41) is 8.27. The second-order valence-corrected chi connectivity index (χ2v) is 3.23. The lowest BCUT2D eigenvalue weighted by Gasteiger charge is -2.00. The van der Waals surface area contributed by atoms with E-state index in [4.69, 9.17) is 9.84 Å². The minimum Gasteiger partial charge on any atom is -0.478 e. The summed E-state index contributed by atoms with van der Waals surface area (Å²) in [5.41, 5.74) is 0. The van der Waals surface area contributed by atoms with Crippen molar-refractivity contribution in [3.05, 3.63) is 12.2 Å². The van der Waals surface area contributed by atoms with Crippen LogP contribution in [0, 0.1) is 0 Å². The largest absolute Gasteiger partial charge is 0.478 e. The Labute approximate surface area is 85.8 Å². The van der Waals surface area contributed by atoms with Gasteiger partial charge < -0.3 is 9.84 Å². The Hall–Kier alpha value is -0.830. The van der Waals surface area contributed by atoms with Gasteiger partial charge in [-0.2, -0.15) is 0 Å². The Balaban J connectivity index is 3.02. The summed E-state index contributed by atoms with van der Waals surface area (Å²) in [5.74, 6) is -0.920. The summed E-state index contributed by atoms with van der Waals surface area (Å²) in [7, 11) is 0. The van der Waals surface area contributed by atoms with E-state index in [0.717, 1.165) is 19.1 Å². The number of rotatable bonds is 9. The van der Waals surface area contributed by atoms with Gasteiger partial charge in [0.25, 0.3) is 0 Å². The Morgan fingerprint density at radius 3 is 2.64 bits per heavy atom. The lowest BCUT2D eigenvalue weighted by Crippen LogP contribution is -1.95. The van der Waals surface area contributed by atoms with Gasteiger partial charge in [-0.05, 0) is 6.42 Å². The first-order valence-corrected chi connectivity index (χ1v) is 5.24. The van der Waals surface area contributed by atoms with E-state index in [-0.39, 0.29) is 0 Å². The van der Waals surface area contributed by atoms with E-state index >= 15 is 0 Å². The fraction of sp³-hybridized carbons (Fsp3) is 0.727. The van der Waals surface area contributed by atoms with Gasteiger partial charge in [-0.1, -0.05) is 38.7 Å². The van der Waals surface area contributed by atoms with Crippen molar-refractivity contribution in [2.24, 2.45) is 0 Å². The average Bonchev–Trinajstić information content (AvgIpc) is 2.15. The van der Waals surface area contributed by atoms with E-state index < -0.39 is 5.97 Å². The smallest absolute Gasteiger partial charge is 0.328 e. The quantitative estimate of drug-likeness (QED) is 0.459. The molecule has 0 unspecified atom stereocenters. The van der Waals surface area contributed by atoms with Crippen molar-refractivity contribution in [2.45, 2.75) is 39.0 Å². The molecule has 0 spiro atoms. The van der Waals surface area contributed by atoms with Crippen molar-refractivity contribution in [1.82, 2.24) is 0 Å². The van der Waals surface area contributed by atoms with Crippen LogP contribution in [-0.2, 0) is 9.53 Å². The number of carboxylic acids is 1. The predicted octanol–water partition coefficient (Wildman–Crippen LogP) is 2.61. The molecule has 0 aromatic heterocycles. The number of hydrogen-bond acceptors (Lipinski definition) is 2. The molecule has 0 saturated heterocycles. The Morgan fingerprint density at radius 1 is 1.29 bits per heavy atom. The molecular weight excluding hydrogens is 180 g/mol. The summed E-state index contributed by atoms with van der Waals surface area (Å²) in [4.78, 5) is 10.1. The highest BCUT2D eigenvalue weighted by Crippen LogP contribution is 2.02. The summed E-state index contributed by atoms with van der Waals surface area (Å²) in [6.45, 7) is 3.32. The first-order valence-electron chi connectivity index (χ1n) is 5.24. The van der Waals surface area contributed by atoms with Crippen molar-refractivity contribution >= 4 is 5.97 Å². The first-order chi connectivity index (χ1) is 6.77. The van der Waals surface area contributed by atoms with Crippen LogP contribution in [0.4, 0.5) is 0 Å². The minimum absolute atomic E-state index is 0.403. The van der Waals surface area contributed by atoms with Gasteiger partial charge in [0, 0.05) is 12.7 Å². The SMILES string of the molecule is CCCCCCCOCC=CC(=O)O. The first kappa shape index (κ1) is 13.2. The van der Waals surface area contributed by atoms with Gasteiger partial charge in [0.05, 0.1) is 6.61 Å². The molecule has 0 aliphatic carbocycles.